The highest BCUT2D eigenvalue weighted by molar-refractivity contribution is 5.78. The molecule has 0 saturated carbocycles. The number of rotatable bonds is 8. The fourth-order valence-electron chi connectivity index (χ4n) is 4.03. The second-order valence-electron chi connectivity index (χ2n) is 7.96. The van der Waals surface area contributed by atoms with Gasteiger partial charge in [0.25, 0.3) is 0 Å². The van der Waals surface area contributed by atoms with Crippen molar-refractivity contribution in [3.8, 4) is 11.3 Å². The van der Waals surface area contributed by atoms with Crippen LogP contribution in [0.4, 0.5) is 11.8 Å². The van der Waals surface area contributed by atoms with Gasteiger partial charge in [-0.2, -0.15) is 0 Å². The smallest absolute Gasteiger partial charge is 0.323 e. The van der Waals surface area contributed by atoms with Gasteiger partial charge in [-0.05, 0) is 13.0 Å². The molecule has 1 fully saturated rings. The van der Waals surface area contributed by atoms with E-state index in [0.29, 0.717) is 24.0 Å². The molecule has 4 rings (SSSR count). The summed E-state index contributed by atoms with van der Waals surface area (Å²) in [7, 11) is 0. The van der Waals surface area contributed by atoms with Gasteiger partial charge < -0.3 is 19.3 Å². The average Bonchev–Trinajstić information content (AvgIpc) is 3.20. The Hall–Kier alpha value is -3.46. The molecule has 1 aliphatic rings. The van der Waals surface area contributed by atoms with Crippen molar-refractivity contribution in [1.29, 1.82) is 0 Å². The predicted molar refractivity (Wildman–Crippen MR) is 122 cm³/mol. The van der Waals surface area contributed by atoms with Gasteiger partial charge in [0.15, 0.2) is 5.89 Å². The van der Waals surface area contributed by atoms with Crippen molar-refractivity contribution in [2.24, 2.45) is 0 Å². The van der Waals surface area contributed by atoms with Crippen molar-refractivity contribution in [3.63, 3.8) is 0 Å². The number of benzene rings is 1. The monoisotopic (exact) mass is 436 g/mol. The first-order valence-electron chi connectivity index (χ1n) is 10.8. The highest BCUT2D eigenvalue weighted by atomic mass is 16.4. The van der Waals surface area contributed by atoms with Gasteiger partial charge in [-0.1, -0.05) is 30.3 Å². The van der Waals surface area contributed by atoms with Crippen molar-refractivity contribution in [2.45, 2.75) is 19.9 Å². The fraction of sp³-hybridized carbons (Fsp3) is 0.391. The van der Waals surface area contributed by atoms with Gasteiger partial charge in [0, 0.05) is 63.6 Å². The Bertz CT molecular complexity index is 1020. The van der Waals surface area contributed by atoms with Crippen LogP contribution in [0.2, 0.25) is 0 Å². The fourth-order valence-corrected chi connectivity index (χ4v) is 4.03. The first-order chi connectivity index (χ1) is 15.5. The molecule has 168 valence electrons. The van der Waals surface area contributed by atoms with Gasteiger partial charge in [-0.25, -0.2) is 15.0 Å². The normalized spacial score (nSPS) is 15.5. The van der Waals surface area contributed by atoms with Crippen LogP contribution >= 0.6 is 0 Å². The van der Waals surface area contributed by atoms with Crippen LogP contribution in [-0.2, 0) is 4.79 Å². The van der Waals surface area contributed by atoms with Gasteiger partial charge in [0.1, 0.15) is 12.2 Å². The summed E-state index contributed by atoms with van der Waals surface area (Å²) in [5.74, 6) is 0.853. The third-order valence-electron chi connectivity index (χ3n) is 5.59. The summed E-state index contributed by atoms with van der Waals surface area (Å²) < 4.78 is 5.93. The van der Waals surface area contributed by atoms with Crippen LogP contribution in [0.1, 0.15) is 12.8 Å². The molecule has 1 aromatic carbocycles. The van der Waals surface area contributed by atoms with Gasteiger partial charge in [0.05, 0.1) is 0 Å². The minimum absolute atomic E-state index is 0.0829. The van der Waals surface area contributed by atoms with Crippen LogP contribution in [0.25, 0.3) is 11.3 Å². The molecule has 3 aromatic rings. The number of carboxylic acids is 1. The summed E-state index contributed by atoms with van der Waals surface area (Å²) >= 11 is 0. The Morgan fingerprint density at radius 3 is 2.47 bits per heavy atom. The summed E-state index contributed by atoms with van der Waals surface area (Å²) in [5, 5.41) is 9.59. The van der Waals surface area contributed by atoms with E-state index < -0.39 is 5.97 Å². The summed E-state index contributed by atoms with van der Waals surface area (Å²) in [6.45, 7) is 7.72. The van der Waals surface area contributed by atoms with E-state index in [1.165, 1.54) is 0 Å². The Morgan fingerprint density at radius 1 is 1.12 bits per heavy atom. The second kappa shape index (κ2) is 9.78. The maximum absolute atomic E-state index is 11.7. The molecule has 3 heterocycles. The predicted octanol–water partition coefficient (Wildman–Crippen LogP) is 2.54. The van der Waals surface area contributed by atoms with Crippen LogP contribution in [0.15, 0.2) is 53.2 Å². The maximum Gasteiger partial charge on any atom is 0.323 e. The molecule has 9 nitrogen and oxygen atoms in total. The van der Waals surface area contributed by atoms with E-state index in [4.69, 9.17) is 4.42 Å². The number of aliphatic carboxylic acids is 1. The van der Waals surface area contributed by atoms with Crippen LogP contribution in [0, 0.1) is 6.92 Å². The molecule has 1 unspecified atom stereocenters. The number of anilines is 2. The molecular formula is C23H28N6O3. The molecule has 0 spiro atoms. The number of carbonyl (C=O) groups is 1. The van der Waals surface area contributed by atoms with Gasteiger partial charge in [0.2, 0.25) is 11.8 Å². The quantitative estimate of drug-likeness (QED) is 0.571. The standard InChI is InChI=1S/C23H28N6O3/c1-17(15-27-11-13-28(14-12-27)23-24-9-6-10-25-23)29(16-20(30)31)22-21(26-18(2)32-22)19-7-4-3-5-8-19/h3-10,17H,11-16H2,1-2H3,(H,30,31). The zero-order chi connectivity index (χ0) is 22.5. The van der Waals surface area contributed by atoms with E-state index in [2.05, 4.69) is 24.8 Å². The second-order valence-corrected chi connectivity index (χ2v) is 7.96. The zero-order valence-corrected chi connectivity index (χ0v) is 18.4. The first-order valence-corrected chi connectivity index (χ1v) is 10.8. The van der Waals surface area contributed by atoms with Crippen molar-refractivity contribution in [3.05, 3.63) is 54.7 Å². The highest BCUT2D eigenvalue weighted by Crippen LogP contribution is 2.32. The lowest BCUT2D eigenvalue weighted by atomic mass is 10.1. The molecule has 1 N–H and O–H groups in total. The summed E-state index contributed by atoms with van der Waals surface area (Å²) in [6, 6.07) is 11.4. The third kappa shape index (κ3) is 5.05. The third-order valence-corrected chi connectivity index (χ3v) is 5.59. The summed E-state index contributed by atoms with van der Waals surface area (Å²) in [6.07, 6.45) is 3.51. The molecule has 32 heavy (non-hydrogen) atoms. The Balaban J connectivity index is 1.48. The Morgan fingerprint density at radius 2 is 1.81 bits per heavy atom. The number of aryl methyl sites for hydroxylation is 1. The number of carboxylic acid groups (broad SMARTS) is 1. The van der Waals surface area contributed by atoms with Crippen LogP contribution in [0.3, 0.4) is 0 Å². The van der Waals surface area contributed by atoms with E-state index in [-0.39, 0.29) is 12.6 Å². The molecule has 2 aromatic heterocycles. The number of hydrogen-bond acceptors (Lipinski definition) is 8. The first kappa shape index (κ1) is 21.8. The van der Waals surface area contributed by atoms with E-state index in [1.54, 1.807) is 24.2 Å². The number of piperazine rings is 1. The molecule has 0 radical (unpaired) electrons. The molecule has 0 amide bonds. The van der Waals surface area contributed by atoms with Crippen LogP contribution in [-0.4, -0.2) is 76.2 Å². The summed E-state index contributed by atoms with van der Waals surface area (Å²) in [5.41, 5.74) is 1.57. The average molecular weight is 437 g/mol. The molecule has 1 atom stereocenters. The number of aromatic nitrogens is 3. The lowest BCUT2D eigenvalue weighted by Crippen LogP contribution is -2.52. The Labute approximate surface area is 187 Å². The van der Waals surface area contributed by atoms with Gasteiger partial charge in [-0.3, -0.25) is 9.69 Å². The van der Waals surface area contributed by atoms with E-state index in [9.17, 15) is 9.90 Å². The minimum atomic E-state index is -0.907. The van der Waals surface area contributed by atoms with E-state index in [0.717, 1.165) is 37.7 Å². The van der Waals surface area contributed by atoms with Gasteiger partial charge in [-0.15, -0.1) is 0 Å². The van der Waals surface area contributed by atoms with Crippen molar-refractivity contribution in [2.75, 3.05) is 49.1 Å². The van der Waals surface area contributed by atoms with Crippen LogP contribution < -0.4 is 9.80 Å². The largest absolute Gasteiger partial charge is 0.480 e. The number of oxazole rings is 1. The molecule has 1 aliphatic heterocycles. The molecule has 1 saturated heterocycles. The molecule has 9 heteroatoms. The minimum Gasteiger partial charge on any atom is -0.480 e. The van der Waals surface area contributed by atoms with E-state index >= 15 is 0 Å². The molecular weight excluding hydrogens is 408 g/mol. The SMILES string of the molecule is Cc1nc(-c2ccccc2)c(N(CC(=O)O)C(C)CN2CCN(c3ncccn3)CC2)o1. The van der Waals surface area contributed by atoms with Crippen molar-refractivity contribution in [1.82, 2.24) is 19.9 Å². The lowest BCUT2D eigenvalue weighted by molar-refractivity contribution is -0.135. The van der Waals surface area contributed by atoms with Gasteiger partial charge >= 0.3 is 5.97 Å². The van der Waals surface area contributed by atoms with Crippen molar-refractivity contribution < 1.29 is 14.3 Å². The molecule has 0 bridgehead atoms. The summed E-state index contributed by atoms with van der Waals surface area (Å²) in [4.78, 5) is 31.2. The van der Waals surface area contributed by atoms with Crippen molar-refractivity contribution >= 4 is 17.8 Å². The number of hydrogen-bond donors (Lipinski definition) is 1. The zero-order valence-electron chi connectivity index (χ0n) is 18.4. The Kier molecular flexibility index (Phi) is 6.65. The van der Waals surface area contributed by atoms with Crippen LogP contribution in [0.5, 0.6) is 0 Å². The lowest BCUT2D eigenvalue weighted by Gasteiger charge is -2.38. The highest BCUT2D eigenvalue weighted by Gasteiger charge is 2.28. The topological polar surface area (TPSA) is 98.8 Å². The molecule has 0 aliphatic carbocycles. The maximum atomic E-state index is 11.7. The number of nitrogens with zero attached hydrogens (tertiary/aromatic N) is 6. The van der Waals surface area contributed by atoms with E-state index in [1.807, 2.05) is 43.3 Å².